The van der Waals surface area contributed by atoms with Crippen molar-refractivity contribution in [3.05, 3.63) is 52.7 Å². The molecular formula is C20H23N5O4. The van der Waals surface area contributed by atoms with Crippen molar-refractivity contribution in [3.8, 4) is 0 Å². The minimum absolute atomic E-state index is 0.0844. The summed E-state index contributed by atoms with van der Waals surface area (Å²) in [7, 11) is 0. The van der Waals surface area contributed by atoms with Crippen LogP contribution in [0, 0.1) is 18.8 Å². The number of rotatable bonds is 6. The van der Waals surface area contributed by atoms with Gasteiger partial charge in [-0.1, -0.05) is 24.6 Å². The van der Waals surface area contributed by atoms with Gasteiger partial charge < -0.3 is 20.8 Å². The lowest BCUT2D eigenvalue weighted by atomic mass is 9.94. The van der Waals surface area contributed by atoms with Crippen molar-refractivity contribution in [2.45, 2.75) is 33.6 Å². The Labute approximate surface area is 168 Å². The first-order valence-corrected chi connectivity index (χ1v) is 9.24. The Bertz CT molecular complexity index is 977. The van der Waals surface area contributed by atoms with Gasteiger partial charge in [0.05, 0.1) is 11.5 Å². The number of carbonyl (C=O) groups is 2. The molecule has 0 amide bonds. The van der Waals surface area contributed by atoms with E-state index >= 15 is 0 Å². The Morgan fingerprint density at radius 3 is 2.14 bits per heavy atom. The third-order valence-corrected chi connectivity index (χ3v) is 4.50. The summed E-state index contributed by atoms with van der Waals surface area (Å²) >= 11 is 0. The van der Waals surface area contributed by atoms with Gasteiger partial charge in [-0.3, -0.25) is 4.79 Å². The van der Waals surface area contributed by atoms with Crippen LogP contribution in [0.25, 0.3) is 0 Å². The van der Waals surface area contributed by atoms with E-state index in [-0.39, 0.29) is 17.9 Å². The third kappa shape index (κ3) is 5.28. The second-order valence-corrected chi connectivity index (χ2v) is 7.29. The van der Waals surface area contributed by atoms with Crippen LogP contribution in [-0.4, -0.2) is 37.1 Å². The molecular weight excluding hydrogens is 374 g/mol. The summed E-state index contributed by atoms with van der Waals surface area (Å²) in [5, 5.41) is 24.7. The number of nitrogens with one attached hydrogen (secondary N) is 2. The zero-order valence-electron chi connectivity index (χ0n) is 16.4. The molecule has 0 fully saturated rings. The van der Waals surface area contributed by atoms with Gasteiger partial charge in [0.1, 0.15) is 5.82 Å². The lowest BCUT2D eigenvalue weighted by Crippen LogP contribution is -2.21. The highest BCUT2D eigenvalue weighted by Gasteiger charge is 2.24. The quantitative estimate of drug-likeness (QED) is 0.571. The Morgan fingerprint density at radius 1 is 0.966 bits per heavy atom. The lowest BCUT2D eigenvalue weighted by Gasteiger charge is -2.20. The Balaban J connectivity index is 1.81. The molecule has 152 valence electrons. The predicted molar refractivity (Wildman–Crippen MR) is 107 cm³/mol. The van der Waals surface area contributed by atoms with Crippen molar-refractivity contribution in [3.63, 3.8) is 0 Å². The molecule has 0 spiro atoms. The SMILES string of the molecule is CC1=CC(C)CC(Nc2nc(C)nc(NC3=CC(C(=O)O)=CC(C(=O)O)C3)n2)=C1. The van der Waals surface area contributed by atoms with Gasteiger partial charge in [-0.05, 0) is 38.3 Å². The van der Waals surface area contributed by atoms with E-state index in [1.165, 1.54) is 12.2 Å². The van der Waals surface area contributed by atoms with Gasteiger partial charge in [-0.2, -0.15) is 15.0 Å². The zero-order valence-corrected chi connectivity index (χ0v) is 16.4. The minimum atomic E-state index is -1.19. The second kappa shape index (κ2) is 8.26. The maximum absolute atomic E-state index is 11.3. The van der Waals surface area contributed by atoms with Crippen LogP contribution < -0.4 is 10.6 Å². The smallest absolute Gasteiger partial charge is 0.335 e. The Hall–Kier alpha value is -3.49. The molecule has 0 aliphatic heterocycles. The molecule has 3 rings (SSSR count). The summed E-state index contributed by atoms with van der Waals surface area (Å²) in [4.78, 5) is 35.5. The molecule has 2 aliphatic rings. The Morgan fingerprint density at radius 2 is 1.59 bits per heavy atom. The van der Waals surface area contributed by atoms with E-state index in [9.17, 15) is 19.8 Å². The van der Waals surface area contributed by atoms with Crippen LogP contribution in [0.15, 0.2) is 46.8 Å². The number of carboxylic acid groups (broad SMARTS) is 2. The van der Waals surface area contributed by atoms with Crippen LogP contribution >= 0.6 is 0 Å². The summed E-state index contributed by atoms with van der Waals surface area (Å²) in [6, 6.07) is 0. The summed E-state index contributed by atoms with van der Waals surface area (Å²) in [6.45, 7) is 5.88. The second-order valence-electron chi connectivity index (χ2n) is 7.29. The highest BCUT2D eigenvalue weighted by Crippen LogP contribution is 2.25. The van der Waals surface area contributed by atoms with Crippen molar-refractivity contribution in [2.24, 2.45) is 11.8 Å². The van der Waals surface area contributed by atoms with E-state index in [0.29, 0.717) is 23.4 Å². The monoisotopic (exact) mass is 397 g/mol. The predicted octanol–water partition coefficient (Wildman–Crippen LogP) is 2.87. The number of aryl methyl sites for hydroxylation is 1. The molecule has 4 N–H and O–H groups in total. The lowest BCUT2D eigenvalue weighted by molar-refractivity contribution is -0.140. The first-order valence-electron chi connectivity index (χ1n) is 9.24. The highest BCUT2D eigenvalue weighted by atomic mass is 16.4. The molecule has 0 aromatic carbocycles. The fraction of sp³-hybridized carbons (Fsp3) is 0.350. The molecule has 0 saturated heterocycles. The van der Waals surface area contributed by atoms with Crippen LogP contribution in [0.1, 0.15) is 32.5 Å². The average molecular weight is 397 g/mol. The minimum Gasteiger partial charge on any atom is -0.481 e. The average Bonchev–Trinajstić information content (AvgIpc) is 2.59. The van der Waals surface area contributed by atoms with Crippen molar-refractivity contribution in [1.82, 2.24) is 15.0 Å². The topological polar surface area (TPSA) is 137 Å². The van der Waals surface area contributed by atoms with Crippen molar-refractivity contribution >= 4 is 23.8 Å². The van der Waals surface area contributed by atoms with Gasteiger partial charge in [0.2, 0.25) is 11.9 Å². The van der Waals surface area contributed by atoms with Crippen LogP contribution in [0.3, 0.4) is 0 Å². The first kappa shape index (κ1) is 20.2. The van der Waals surface area contributed by atoms with Gasteiger partial charge >= 0.3 is 11.9 Å². The summed E-state index contributed by atoms with van der Waals surface area (Å²) in [5.41, 5.74) is 2.49. The standard InChI is InChI=1S/C20H23N5O4/c1-10-4-11(2)6-15(5-10)23-19-21-12(3)22-20(25-19)24-16-8-13(17(26)27)7-14(9-16)18(28)29/h4-5,7-8,11,14H,6,9H2,1-3H3,(H,26,27)(H,28,29)(H2,21,22,23,24,25). The largest absolute Gasteiger partial charge is 0.481 e. The fourth-order valence-corrected chi connectivity index (χ4v) is 3.39. The summed E-state index contributed by atoms with van der Waals surface area (Å²) in [5.74, 6) is -1.74. The van der Waals surface area contributed by atoms with Gasteiger partial charge in [0, 0.05) is 17.8 Å². The molecule has 2 atom stereocenters. The van der Waals surface area contributed by atoms with Gasteiger partial charge in [-0.15, -0.1) is 0 Å². The molecule has 0 saturated carbocycles. The normalized spacial score (nSPS) is 21.3. The van der Waals surface area contributed by atoms with Crippen LogP contribution in [0.2, 0.25) is 0 Å². The highest BCUT2D eigenvalue weighted by molar-refractivity contribution is 5.92. The van der Waals surface area contributed by atoms with E-state index in [1.807, 2.05) is 13.0 Å². The number of anilines is 2. The molecule has 1 aromatic heterocycles. The zero-order chi connectivity index (χ0) is 21.1. The van der Waals surface area contributed by atoms with E-state index in [4.69, 9.17) is 0 Å². The number of allylic oxidation sites excluding steroid dienone is 5. The molecule has 1 aromatic rings. The molecule has 2 aliphatic carbocycles. The Kier molecular flexibility index (Phi) is 5.76. The van der Waals surface area contributed by atoms with E-state index in [1.54, 1.807) is 6.92 Å². The number of hydrogen-bond acceptors (Lipinski definition) is 7. The van der Waals surface area contributed by atoms with E-state index in [2.05, 4.69) is 38.6 Å². The number of nitrogens with zero attached hydrogens (tertiary/aromatic N) is 3. The summed E-state index contributed by atoms with van der Waals surface area (Å²) < 4.78 is 0. The van der Waals surface area contributed by atoms with Gasteiger partial charge in [0.25, 0.3) is 0 Å². The molecule has 1 heterocycles. The molecule has 9 heteroatoms. The third-order valence-electron chi connectivity index (χ3n) is 4.50. The van der Waals surface area contributed by atoms with Crippen molar-refractivity contribution in [1.29, 1.82) is 0 Å². The van der Waals surface area contributed by atoms with E-state index in [0.717, 1.165) is 17.7 Å². The molecule has 29 heavy (non-hydrogen) atoms. The van der Waals surface area contributed by atoms with Crippen LogP contribution in [-0.2, 0) is 9.59 Å². The van der Waals surface area contributed by atoms with E-state index < -0.39 is 17.9 Å². The molecule has 9 nitrogen and oxygen atoms in total. The molecule has 0 bridgehead atoms. The number of hydrogen-bond donors (Lipinski definition) is 4. The molecule has 2 unspecified atom stereocenters. The maximum atomic E-state index is 11.3. The number of carboxylic acids is 2. The number of aromatic nitrogens is 3. The maximum Gasteiger partial charge on any atom is 0.335 e. The van der Waals surface area contributed by atoms with Crippen LogP contribution in [0.4, 0.5) is 11.9 Å². The van der Waals surface area contributed by atoms with Gasteiger partial charge in [-0.25, -0.2) is 4.79 Å². The van der Waals surface area contributed by atoms with Crippen molar-refractivity contribution < 1.29 is 19.8 Å². The van der Waals surface area contributed by atoms with Crippen LogP contribution in [0.5, 0.6) is 0 Å². The van der Waals surface area contributed by atoms with Crippen molar-refractivity contribution in [2.75, 3.05) is 10.6 Å². The first-order chi connectivity index (χ1) is 13.7. The van der Waals surface area contributed by atoms with Gasteiger partial charge in [0.15, 0.2) is 0 Å². The fourth-order valence-electron chi connectivity index (χ4n) is 3.39. The molecule has 0 radical (unpaired) electrons. The number of aliphatic carboxylic acids is 2. The summed E-state index contributed by atoms with van der Waals surface area (Å²) in [6.07, 6.45) is 7.81.